The van der Waals surface area contributed by atoms with Gasteiger partial charge in [-0.15, -0.1) is 0 Å². The molecule has 2 rings (SSSR count). The topological polar surface area (TPSA) is 29.0 Å². The lowest BCUT2D eigenvalue weighted by atomic mass is 10.0. The summed E-state index contributed by atoms with van der Waals surface area (Å²) >= 11 is 3.13. The monoisotopic (exact) mass is 257 g/mol. The van der Waals surface area contributed by atoms with Crippen molar-refractivity contribution in [3.63, 3.8) is 0 Å². The van der Waals surface area contributed by atoms with Gasteiger partial charge in [-0.1, -0.05) is 0 Å². The molecule has 76 valence electrons. The molecule has 3 nitrogen and oxygen atoms in total. The van der Waals surface area contributed by atoms with Gasteiger partial charge in [-0.2, -0.15) is 0 Å². The second-order valence-electron chi connectivity index (χ2n) is 3.60. The third kappa shape index (κ3) is 2.05. The van der Waals surface area contributed by atoms with E-state index in [4.69, 9.17) is 2.74 Å². The van der Waals surface area contributed by atoms with E-state index >= 15 is 0 Å². The van der Waals surface area contributed by atoms with Crippen LogP contribution < -0.4 is 4.90 Å². The predicted octanol–water partition coefficient (Wildman–Crippen LogP) is 2.62. The van der Waals surface area contributed by atoms with Crippen molar-refractivity contribution in [2.24, 2.45) is 0 Å². The third-order valence-electron chi connectivity index (χ3n) is 2.57. The van der Waals surface area contributed by atoms with Crippen molar-refractivity contribution in [3.05, 3.63) is 16.8 Å². The van der Waals surface area contributed by atoms with Crippen molar-refractivity contribution < 1.29 is 2.74 Å². The van der Waals surface area contributed by atoms with E-state index in [0.29, 0.717) is 16.5 Å². The number of nitrogens with zero attached hydrogens (tertiary/aromatic N) is 3. The molecule has 1 unspecified atom stereocenters. The standard InChI is InChI=1S/C10H14BrN3/c1-8-4-2-3-5-14(8)10-12-6-9(11)7-13-10/h6-8H,2-5H2,1H3/i6D,7D. The third-order valence-corrected chi connectivity index (χ3v) is 2.92. The van der Waals surface area contributed by atoms with E-state index in [-0.39, 0.29) is 12.3 Å². The van der Waals surface area contributed by atoms with Crippen LogP contribution >= 0.6 is 15.9 Å². The molecular weight excluding hydrogens is 242 g/mol. The van der Waals surface area contributed by atoms with Crippen molar-refractivity contribution in [1.82, 2.24) is 9.97 Å². The molecule has 0 bridgehead atoms. The van der Waals surface area contributed by atoms with Gasteiger partial charge in [-0.05, 0) is 42.1 Å². The zero-order chi connectivity index (χ0) is 11.7. The fourth-order valence-electron chi connectivity index (χ4n) is 1.77. The van der Waals surface area contributed by atoms with Crippen molar-refractivity contribution in [2.75, 3.05) is 11.4 Å². The second-order valence-corrected chi connectivity index (χ2v) is 4.39. The summed E-state index contributed by atoms with van der Waals surface area (Å²) in [6, 6.07) is 0.397. The van der Waals surface area contributed by atoms with E-state index < -0.39 is 0 Å². The fourth-order valence-corrected chi connectivity index (χ4v) is 1.95. The minimum absolute atomic E-state index is 0.0905. The number of rotatable bonds is 1. The lowest BCUT2D eigenvalue weighted by Crippen LogP contribution is -2.38. The maximum Gasteiger partial charge on any atom is 0.225 e. The molecule has 1 aliphatic heterocycles. The quantitative estimate of drug-likeness (QED) is 0.775. The van der Waals surface area contributed by atoms with Crippen molar-refractivity contribution in [3.8, 4) is 0 Å². The van der Waals surface area contributed by atoms with E-state index in [9.17, 15) is 0 Å². The maximum atomic E-state index is 7.64. The molecule has 0 radical (unpaired) electrons. The molecule has 1 aromatic rings. The van der Waals surface area contributed by atoms with Gasteiger partial charge in [0, 0.05) is 24.9 Å². The molecule has 0 amide bonds. The van der Waals surface area contributed by atoms with Crippen LogP contribution in [0.5, 0.6) is 0 Å². The Morgan fingerprint density at radius 3 is 2.86 bits per heavy atom. The van der Waals surface area contributed by atoms with Gasteiger partial charge in [0.05, 0.1) is 7.21 Å². The van der Waals surface area contributed by atoms with E-state index in [2.05, 4.69) is 37.7 Å². The lowest BCUT2D eigenvalue weighted by Gasteiger charge is -2.33. The SMILES string of the molecule is [2H]c1nc(N2CCCCC2C)nc([2H])c1Br. The van der Waals surface area contributed by atoms with Crippen LogP contribution in [0.4, 0.5) is 5.95 Å². The molecule has 1 aliphatic rings. The van der Waals surface area contributed by atoms with E-state index in [0.717, 1.165) is 19.4 Å². The van der Waals surface area contributed by atoms with Crippen LogP contribution in [-0.2, 0) is 0 Å². The summed E-state index contributed by atoms with van der Waals surface area (Å²) in [5, 5.41) is 0. The first-order valence-corrected chi connectivity index (χ1v) is 5.66. The zero-order valence-electron chi connectivity index (χ0n) is 10.1. The summed E-state index contributed by atoms with van der Waals surface area (Å²) in [5.74, 6) is 0.519. The van der Waals surface area contributed by atoms with E-state index in [1.807, 2.05) is 0 Å². The van der Waals surface area contributed by atoms with Gasteiger partial charge in [-0.25, -0.2) is 9.97 Å². The fraction of sp³-hybridized carbons (Fsp3) is 0.600. The van der Waals surface area contributed by atoms with Gasteiger partial charge in [0.2, 0.25) is 5.95 Å². The first kappa shape index (κ1) is 7.63. The highest BCUT2D eigenvalue weighted by atomic mass is 79.9. The van der Waals surface area contributed by atoms with Gasteiger partial charge in [0.15, 0.2) is 0 Å². The van der Waals surface area contributed by atoms with Crippen molar-refractivity contribution >= 4 is 21.9 Å². The molecule has 0 N–H and O–H groups in total. The Balaban J connectivity index is 2.32. The Labute approximate surface area is 95.5 Å². The van der Waals surface area contributed by atoms with Crippen molar-refractivity contribution in [1.29, 1.82) is 0 Å². The van der Waals surface area contributed by atoms with Crippen LogP contribution in [-0.4, -0.2) is 22.6 Å². The van der Waals surface area contributed by atoms with Gasteiger partial charge in [0.1, 0.15) is 0 Å². The summed E-state index contributed by atoms with van der Waals surface area (Å²) in [4.78, 5) is 10.3. The molecule has 0 aromatic carbocycles. The van der Waals surface area contributed by atoms with Crippen LogP contribution in [0.15, 0.2) is 16.8 Å². The number of hydrogen-bond acceptors (Lipinski definition) is 3. The highest BCUT2D eigenvalue weighted by Crippen LogP contribution is 2.21. The minimum atomic E-state index is 0.0905. The van der Waals surface area contributed by atoms with Crippen LogP contribution in [0, 0.1) is 0 Å². The van der Waals surface area contributed by atoms with E-state index in [1.54, 1.807) is 0 Å². The molecular formula is C10H14BrN3. The van der Waals surface area contributed by atoms with E-state index in [1.165, 1.54) is 6.42 Å². The summed E-state index contributed by atoms with van der Waals surface area (Å²) in [7, 11) is 0. The Morgan fingerprint density at radius 2 is 2.21 bits per heavy atom. The van der Waals surface area contributed by atoms with Gasteiger partial charge >= 0.3 is 0 Å². The smallest absolute Gasteiger partial charge is 0.225 e. The number of aromatic nitrogens is 2. The number of halogens is 1. The summed E-state index contributed by atoms with van der Waals surface area (Å²) in [6.45, 7) is 3.06. The molecule has 14 heavy (non-hydrogen) atoms. The van der Waals surface area contributed by atoms with Crippen LogP contribution in [0.2, 0.25) is 0 Å². The van der Waals surface area contributed by atoms with Crippen LogP contribution in [0.3, 0.4) is 0 Å². The molecule has 1 saturated heterocycles. The normalized spacial score (nSPS) is 24.4. The van der Waals surface area contributed by atoms with Gasteiger partial charge in [-0.3, -0.25) is 0 Å². The molecule has 4 heteroatoms. The minimum Gasteiger partial charge on any atom is -0.338 e. The molecule has 1 fully saturated rings. The predicted molar refractivity (Wildman–Crippen MR) is 60.4 cm³/mol. The van der Waals surface area contributed by atoms with Crippen LogP contribution in [0.25, 0.3) is 0 Å². The molecule has 0 saturated carbocycles. The molecule has 2 heterocycles. The first-order chi connectivity index (χ1) is 7.59. The second kappa shape index (κ2) is 4.26. The van der Waals surface area contributed by atoms with Crippen molar-refractivity contribution in [2.45, 2.75) is 32.2 Å². The summed E-state index contributed by atoms with van der Waals surface area (Å²) < 4.78 is 15.6. The first-order valence-electron chi connectivity index (χ1n) is 5.87. The van der Waals surface area contributed by atoms with Gasteiger partial charge in [0.25, 0.3) is 0 Å². The average molecular weight is 258 g/mol. The molecule has 0 aliphatic carbocycles. The number of hydrogen-bond donors (Lipinski definition) is 0. The Hall–Kier alpha value is -0.640. The molecule has 1 aromatic heterocycles. The molecule has 0 spiro atoms. The van der Waals surface area contributed by atoms with Crippen LogP contribution in [0.1, 0.15) is 28.9 Å². The largest absolute Gasteiger partial charge is 0.338 e. The Bertz CT molecular complexity index is 377. The maximum absolute atomic E-state index is 7.64. The number of anilines is 1. The Kier molecular flexibility index (Phi) is 2.32. The number of piperidine rings is 1. The zero-order valence-corrected chi connectivity index (χ0v) is 9.71. The lowest BCUT2D eigenvalue weighted by molar-refractivity contribution is 0.477. The van der Waals surface area contributed by atoms with Gasteiger partial charge < -0.3 is 4.90 Å². The highest BCUT2D eigenvalue weighted by molar-refractivity contribution is 9.10. The molecule has 1 atom stereocenters. The summed E-state index contributed by atoms with van der Waals surface area (Å²) in [6.07, 6.45) is 3.67. The average Bonchev–Trinajstić information content (AvgIpc) is 2.26. The summed E-state index contributed by atoms with van der Waals surface area (Å²) in [5.41, 5.74) is 0. The Morgan fingerprint density at radius 1 is 1.50 bits per heavy atom. The highest BCUT2D eigenvalue weighted by Gasteiger charge is 2.20.